The Balaban J connectivity index is 0.00000288. The van der Waals surface area contributed by atoms with E-state index in [-0.39, 0.29) is 24.5 Å². The van der Waals surface area contributed by atoms with Crippen LogP contribution < -0.4 is 10.1 Å². The maximum atomic E-state index is 12.3. The fourth-order valence-corrected chi connectivity index (χ4v) is 2.93. The molecule has 0 saturated heterocycles. The van der Waals surface area contributed by atoms with Gasteiger partial charge in [-0.25, -0.2) is 4.79 Å². The van der Waals surface area contributed by atoms with Crippen LogP contribution in [-0.4, -0.2) is 30.6 Å². The Labute approximate surface area is 151 Å². The average Bonchev–Trinajstić information content (AvgIpc) is 2.96. The van der Waals surface area contributed by atoms with Gasteiger partial charge in [-0.15, -0.1) is 18.8 Å². The summed E-state index contributed by atoms with van der Waals surface area (Å²) in [5.74, 6) is 3.22. The van der Waals surface area contributed by atoms with Gasteiger partial charge in [-0.1, -0.05) is 25.3 Å². The summed E-state index contributed by atoms with van der Waals surface area (Å²) < 4.78 is 5.56. The van der Waals surface area contributed by atoms with Crippen molar-refractivity contribution >= 4 is 18.5 Å². The number of nitrogens with zero attached hydrogens (tertiary/aromatic N) is 1. The van der Waals surface area contributed by atoms with E-state index in [1.165, 1.54) is 11.1 Å². The number of hydrogen-bond donors (Lipinski definition) is 1. The molecule has 2 rings (SSSR count). The SMILES string of the molecule is C#CCNC1CCc2ccc(OC(=O)N(CC)CCCC)cc21.Cl. The number of carbonyl (C=O) groups excluding carboxylic acids is 1. The van der Waals surface area contributed by atoms with Crippen molar-refractivity contribution in [3.63, 3.8) is 0 Å². The first-order valence-corrected chi connectivity index (χ1v) is 8.46. The minimum Gasteiger partial charge on any atom is -0.410 e. The molecule has 1 aromatic rings. The second kappa shape index (κ2) is 10.2. The van der Waals surface area contributed by atoms with Crippen molar-refractivity contribution < 1.29 is 9.53 Å². The zero-order valence-corrected chi connectivity index (χ0v) is 15.3. The lowest BCUT2D eigenvalue weighted by molar-refractivity contribution is 0.154. The molecule has 132 valence electrons. The van der Waals surface area contributed by atoms with E-state index in [0.717, 1.165) is 32.2 Å². The van der Waals surface area contributed by atoms with Gasteiger partial charge < -0.3 is 9.64 Å². The highest BCUT2D eigenvalue weighted by atomic mass is 35.5. The number of aryl methyl sites for hydroxylation is 1. The average molecular weight is 351 g/mol. The van der Waals surface area contributed by atoms with E-state index >= 15 is 0 Å². The molecule has 1 aromatic carbocycles. The first-order valence-electron chi connectivity index (χ1n) is 8.46. The van der Waals surface area contributed by atoms with Gasteiger partial charge in [0.05, 0.1) is 6.54 Å². The van der Waals surface area contributed by atoms with Crippen LogP contribution in [0.1, 0.15) is 50.3 Å². The van der Waals surface area contributed by atoms with E-state index in [1.54, 1.807) is 4.90 Å². The highest BCUT2D eigenvalue weighted by Gasteiger charge is 2.23. The van der Waals surface area contributed by atoms with Crippen molar-refractivity contribution in [3.8, 4) is 18.1 Å². The van der Waals surface area contributed by atoms with E-state index in [1.807, 2.05) is 19.1 Å². The first-order chi connectivity index (χ1) is 11.2. The summed E-state index contributed by atoms with van der Waals surface area (Å²) in [6.45, 7) is 6.04. The number of hydrogen-bond acceptors (Lipinski definition) is 3. The third-order valence-corrected chi connectivity index (χ3v) is 4.27. The molecule has 0 aliphatic heterocycles. The zero-order valence-electron chi connectivity index (χ0n) is 14.5. The largest absolute Gasteiger partial charge is 0.415 e. The van der Waals surface area contributed by atoms with Crippen molar-refractivity contribution in [1.82, 2.24) is 10.2 Å². The molecule has 0 aromatic heterocycles. The van der Waals surface area contributed by atoms with Crippen molar-refractivity contribution in [2.24, 2.45) is 0 Å². The smallest absolute Gasteiger partial charge is 0.410 e. The number of benzene rings is 1. The topological polar surface area (TPSA) is 41.6 Å². The van der Waals surface area contributed by atoms with Gasteiger partial charge >= 0.3 is 6.09 Å². The van der Waals surface area contributed by atoms with Crippen molar-refractivity contribution in [1.29, 1.82) is 0 Å². The summed E-state index contributed by atoms with van der Waals surface area (Å²) in [6.07, 6.45) is 9.17. The molecule has 0 spiro atoms. The van der Waals surface area contributed by atoms with Crippen LogP contribution in [0.3, 0.4) is 0 Å². The van der Waals surface area contributed by atoms with Crippen LogP contribution >= 0.6 is 12.4 Å². The molecule has 0 saturated carbocycles. The monoisotopic (exact) mass is 350 g/mol. The highest BCUT2D eigenvalue weighted by Crippen LogP contribution is 2.33. The lowest BCUT2D eigenvalue weighted by atomic mass is 10.1. The number of carbonyl (C=O) groups is 1. The normalized spacial score (nSPS) is 15.1. The zero-order chi connectivity index (χ0) is 16.7. The molecule has 0 heterocycles. The van der Waals surface area contributed by atoms with E-state index in [0.29, 0.717) is 18.8 Å². The van der Waals surface area contributed by atoms with Crippen LogP contribution in [-0.2, 0) is 6.42 Å². The molecular formula is C19H27ClN2O2. The van der Waals surface area contributed by atoms with Crippen LogP contribution in [0.2, 0.25) is 0 Å². The summed E-state index contributed by atoms with van der Waals surface area (Å²) in [5.41, 5.74) is 2.50. The Bertz CT molecular complexity index is 583. The molecule has 1 atom stereocenters. The fourth-order valence-electron chi connectivity index (χ4n) is 2.93. The van der Waals surface area contributed by atoms with Crippen LogP contribution in [0.4, 0.5) is 4.79 Å². The van der Waals surface area contributed by atoms with Crippen molar-refractivity contribution in [2.75, 3.05) is 19.6 Å². The van der Waals surface area contributed by atoms with Crippen LogP contribution in [0.25, 0.3) is 0 Å². The van der Waals surface area contributed by atoms with E-state index < -0.39 is 0 Å². The molecule has 1 unspecified atom stereocenters. The Morgan fingerprint density at radius 2 is 2.25 bits per heavy atom. The predicted molar refractivity (Wildman–Crippen MR) is 99.8 cm³/mol. The third-order valence-electron chi connectivity index (χ3n) is 4.27. The second-order valence-corrected chi connectivity index (χ2v) is 5.84. The van der Waals surface area contributed by atoms with Crippen LogP contribution in [0, 0.1) is 12.3 Å². The minimum atomic E-state index is -0.271. The quantitative estimate of drug-likeness (QED) is 0.757. The lowest BCUT2D eigenvalue weighted by Gasteiger charge is -2.20. The van der Waals surface area contributed by atoms with Crippen molar-refractivity contribution in [2.45, 2.75) is 45.6 Å². The van der Waals surface area contributed by atoms with Gasteiger partial charge in [0.2, 0.25) is 0 Å². The Hall–Kier alpha value is -1.70. The third kappa shape index (κ3) is 5.15. The number of terminal acetylenes is 1. The molecule has 1 aliphatic carbocycles. The maximum absolute atomic E-state index is 12.3. The number of halogens is 1. The fraction of sp³-hybridized carbons (Fsp3) is 0.526. The van der Waals surface area contributed by atoms with Gasteiger partial charge in [0, 0.05) is 19.1 Å². The molecule has 4 nitrogen and oxygen atoms in total. The van der Waals surface area contributed by atoms with Gasteiger partial charge in [-0.2, -0.15) is 0 Å². The molecular weight excluding hydrogens is 324 g/mol. The first kappa shape index (κ1) is 20.3. The van der Waals surface area contributed by atoms with Gasteiger partial charge in [-0.05, 0) is 49.4 Å². The minimum absolute atomic E-state index is 0. The van der Waals surface area contributed by atoms with E-state index in [9.17, 15) is 4.79 Å². The molecule has 1 amide bonds. The van der Waals surface area contributed by atoms with Gasteiger partial charge in [0.15, 0.2) is 0 Å². The van der Waals surface area contributed by atoms with Crippen molar-refractivity contribution in [3.05, 3.63) is 29.3 Å². The Kier molecular flexibility index (Phi) is 8.67. The second-order valence-electron chi connectivity index (χ2n) is 5.84. The Morgan fingerprint density at radius 3 is 2.92 bits per heavy atom. The molecule has 1 N–H and O–H groups in total. The van der Waals surface area contributed by atoms with Gasteiger partial charge in [0.25, 0.3) is 0 Å². The standard InChI is InChI=1S/C19H26N2O2.ClH/c1-4-7-13-21(6-3)19(22)23-16-10-8-15-9-11-18(17(15)14-16)20-12-5-2;/h2,8,10,14,18,20H,4,6-7,9,11-13H2,1,3H3;1H. The molecule has 1 aliphatic rings. The summed E-state index contributed by atoms with van der Waals surface area (Å²) >= 11 is 0. The van der Waals surface area contributed by atoms with E-state index in [4.69, 9.17) is 11.2 Å². The van der Waals surface area contributed by atoms with Gasteiger partial charge in [0.1, 0.15) is 5.75 Å². The summed E-state index contributed by atoms with van der Waals surface area (Å²) in [5, 5.41) is 3.34. The summed E-state index contributed by atoms with van der Waals surface area (Å²) in [4.78, 5) is 14.0. The van der Waals surface area contributed by atoms with Crippen LogP contribution in [0.15, 0.2) is 18.2 Å². The van der Waals surface area contributed by atoms with Gasteiger partial charge in [-0.3, -0.25) is 5.32 Å². The number of amides is 1. The number of unbranched alkanes of at least 4 members (excludes halogenated alkanes) is 1. The molecule has 0 fully saturated rings. The molecule has 5 heteroatoms. The maximum Gasteiger partial charge on any atom is 0.415 e. The number of rotatable bonds is 7. The Morgan fingerprint density at radius 1 is 1.46 bits per heavy atom. The number of ether oxygens (including phenoxy) is 1. The summed E-state index contributed by atoms with van der Waals surface area (Å²) in [7, 11) is 0. The van der Waals surface area contributed by atoms with E-state index in [2.05, 4.69) is 24.2 Å². The molecule has 0 radical (unpaired) electrons. The molecule has 24 heavy (non-hydrogen) atoms. The predicted octanol–water partition coefficient (Wildman–Crippen LogP) is 3.94. The number of nitrogens with one attached hydrogen (secondary N) is 1. The lowest BCUT2D eigenvalue weighted by Crippen LogP contribution is -2.34. The highest BCUT2D eigenvalue weighted by molar-refractivity contribution is 5.85. The number of fused-ring (bicyclic) bond motifs is 1. The van der Waals surface area contributed by atoms with Crippen LogP contribution in [0.5, 0.6) is 5.75 Å². The molecule has 0 bridgehead atoms. The summed E-state index contributed by atoms with van der Waals surface area (Å²) in [6, 6.07) is 6.16.